The minimum atomic E-state index is -1.25. The Morgan fingerprint density at radius 1 is 1.03 bits per heavy atom. The van der Waals surface area contributed by atoms with E-state index in [0.29, 0.717) is 11.8 Å². The fourth-order valence-corrected chi connectivity index (χ4v) is 2.84. The zero-order valence-electron chi connectivity index (χ0n) is 17.4. The first kappa shape index (κ1) is 25.8. The van der Waals surface area contributed by atoms with Gasteiger partial charge in [0.25, 0.3) is 0 Å². The van der Waals surface area contributed by atoms with E-state index in [4.69, 9.17) is 14.2 Å². The van der Waals surface area contributed by atoms with E-state index in [0.717, 1.165) is 5.56 Å². The van der Waals surface area contributed by atoms with Crippen LogP contribution in [0, 0.1) is 5.92 Å². The molecule has 0 aromatic heterocycles. The van der Waals surface area contributed by atoms with Gasteiger partial charge in [-0.05, 0) is 31.2 Å². The van der Waals surface area contributed by atoms with Crippen LogP contribution in [0.25, 0.3) is 0 Å². The largest absolute Gasteiger partial charge is 0.459 e. The van der Waals surface area contributed by atoms with Gasteiger partial charge < -0.3 is 19.5 Å². The number of carbonyl (C=O) groups excluding carboxylic acids is 4. The Labute approximate surface area is 185 Å². The predicted octanol–water partition coefficient (Wildman–Crippen LogP) is 2.95. The summed E-state index contributed by atoms with van der Waals surface area (Å²) < 4.78 is 13.5. The van der Waals surface area contributed by atoms with E-state index < -0.39 is 40.7 Å². The minimum absolute atomic E-state index is 0.0235. The minimum Gasteiger partial charge on any atom is -0.459 e. The number of carbonyl (C=O) groups is 4. The predicted molar refractivity (Wildman–Crippen MR) is 116 cm³/mol. The van der Waals surface area contributed by atoms with Gasteiger partial charge in [-0.2, -0.15) is 12.6 Å². The molecule has 0 heterocycles. The van der Waals surface area contributed by atoms with E-state index in [1.54, 1.807) is 13.8 Å². The number of hydrogen-bond donors (Lipinski definition) is 2. The van der Waals surface area contributed by atoms with Crippen molar-refractivity contribution in [2.75, 3.05) is 12.5 Å². The van der Waals surface area contributed by atoms with Crippen molar-refractivity contribution < 1.29 is 33.4 Å². The van der Waals surface area contributed by atoms with Gasteiger partial charge in [-0.15, -0.1) is 0 Å². The zero-order chi connectivity index (χ0) is 22.7. The second-order valence-electron chi connectivity index (χ2n) is 7.04. The van der Waals surface area contributed by atoms with E-state index in [9.17, 15) is 19.2 Å². The molecule has 0 bridgehead atoms. The van der Waals surface area contributed by atoms with Gasteiger partial charge in [0.1, 0.15) is 12.6 Å². The number of amides is 1. The number of hydrogen-bond acceptors (Lipinski definition) is 9. The molecule has 0 unspecified atom stereocenters. The molecule has 1 aromatic carbocycles. The Hall–Kier alpha value is -2.20. The van der Waals surface area contributed by atoms with Crippen LogP contribution in [0.5, 0.6) is 0 Å². The van der Waals surface area contributed by atoms with Gasteiger partial charge in [-0.25, -0.2) is 9.59 Å². The lowest BCUT2D eigenvalue weighted by atomic mass is 10.2. The summed E-state index contributed by atoms with van der Waals surface area (Å²) in [7, 11) is 0. The fourth-order valence-electron chi connectivity index (χ4n) is 1.93. The Kier molecular flexibility index (Phi) is 10.8. The van der Waals surface area contributed by atoms with Gasteiger partial charge in [-0.3, -0.25) is 9.59 Å². The monoisotopic (exact) mass is 457 g/mol. The zero-order valence-corrected chi connectivity index (χ0v) is 19.1. The standard InChI is InChI=1S/C20H27NO7S2/c1-13(2)16(22)27-12-28-19(25)30-20(3,4)18(24)21-15(11-29)17(23)26-10-14-8-6-5-7-9-14/h5-9,13,15,29H,10-12H2,1-4H3,(H,21,24)/t15-/m0/s1. The molecule has 8 nitrogen and oxygen atoms in total. The molecule has 1 atom stereocenters. The van der Waals surface area contributed by atoms with Gasteiger partial charge >= 0.3 is 17.2 Å². The van der Waals surface area contributed by atoms with Crippen LogP contribution < -0.4 is 5.32 Å². The van der Waals surface area contributed by atoms with E-state index in [-0.39, 0.29) is 18.3 Å². The maximum atomic E-state index is 12.6. The quantitative estimate of drug-likeness (QED) is 0.314. The lowest BCUT2D eigenvalue weighted by Crippen LogP contribution is -2.50. The second-order valence-corrected chi connectivity index (χ2v) is 8.97. The van der Waals surface area contributed by atoms with Crippen LogP contribution >= 0.6 is 24.4 Å². The highest BCUT2D eigenvalue weighted by molar-refractivity contribution is 8.15. The molecule has 1 N–H and O–H groups in total. The first-order chi connectivity index (χ1) is 14.1. The molecule has 10 heteroatoms. The van der Waals surface area contributed by atoms with E-state index in [1.165, 1.54) is 13.8 Å². The number of esters is 2. The van der Waals surface area contributed by atoms with Crippen LogP contribution in [-0.4, -0.2) is 46.5 Å². The molecule has 0 aliphatic rings. The molecule has 30 heavy (non-hydrogen) atoms. The molecule has 0 aliphatic heterocycles. The molecule has 1 rings (SSSR count). The van der Waals surface area contributed by atoms with Gasteiger partial charge in [0.2, 0.25) is 12.7 Å². The van der Waals surface area contributed by atoms with Crippen LogP contribution in [0.1, 0.15) is 33.3 Å². The number of ether oxygens (including phenoxy) is 3. The maximum Gasteiger partial charge on any atom is 0.371 e. The topological polar surface area (TPSA) is 108 Å². The number of thioether (sulfide) groups is 1. The summed E-state index contributed by atoms with van der Waals surface area (Å²) in [4.78, 5) is 48.1. The third-order valence-corrected chi connectivity index (χ3v) is 5.08. The molecular formula is C20H27NO7S2. The highest BCUT2D eigenvalue weighted by Crippen LogP contribution is 2.27. The van der Waals surface area contributed by atoms with Crippen LogP contribution in [0.3, 0.4) is 0 Å². The average molecular weight is 458 g/mol. The van der Waals surface area contributed by atoms with E-state index in [2.05, 4.69) is 17.9 Å². The number of nitrogens with one attached hydrogen (secondary N) is 1. The van der Waals surface area contributed by atoms with E-state index >= 15 is 0 Å². The molecule has 1 amide bonds. The molecule has 0 fully saturated rings. The Balaban J connectivity index is 2.52. The van der Waals surface area contributed by atoms with Crippen LogP contribution in [0.2, 0.25) is 0 Å². The van der Waals surface area contributed by atoms with Crippen LogP contribution in [-0.2, 0) is 35.2 Å². The molecule has 0 aliphatic carbocycles. The summed E-state index contributed by atoms with van der Waals surface area (Å²) in [6.07, 6.45) is 0. The van der Waals surface area contributed by atoms with Crippen molar-refractivity contribution in [2.24, 2.45) is 5.92 Å². The highest BCUT2D eigenvalue weighted by Gasteiger charge is 2.35. The molecule has 166 valence electrons. The van der Waals surface area contributed by atoms with Crippen LogP contribution in [0.15, 0.2) is 30.3 Å². The first-order valence-corrected chi connectivity index (χ1v) is 10.7. The molecule has 0 saturated carbocycles. The Bertz CT molecular complexity index is 738. The smallest absolute Gasteiger partial charge is 0.371 e. The van der Waals surface area contributed by atoms with Crippen molar-refractivity contribution in [1.82, 2.24) is 5.32 Å². The third-order valence-electron chi connectivity index (χ3n) is 3.73. The van der Waals surface area contributed by atoms with Gasteiger partial charge in [0.15, 0.2) is 0 Å². The average Bonchev–Trinajstić information content (AvgIpc) is 2.70. The number of thiol groups is 1. The fraction of sp³-hybridized carbons (Fsp3) is 0.500. The van der Waals surface area contributed by atoms with Gasteiger partial charge in [0.05, 0.1) is 10.7 Å². The van der Waals surface area contributed by atoms with Crippen molar-refractivity contribution in [3.8, 4) is 0 Å². The Morgan fingerprint density at radius 3 is 2.23 bits per heavy atom. The summed E-state index contributed by atoms with van der Waals surface area (Å²) >= 11 is 4.70. The van der Waals surface area contributed by atoms with Crippen molar-refractivity contribution in [3.63, 3.8) is 0 Å². The van der Waals surface area contributed by atoms with Crippen LogP contribution in [0.4, 0.5) is 4.79 Å². The summed E-state index contributed by atoms with van der Waals surface area (Å²) in [5, 5.41) is 1.74. The Morgan fingerprint density at radius 2 is 1.67 bits per heavy atom. The summed E-state index contributed by atoms with van der Waals surface area (Å²) in [5.74, 6) is -2.03. The molecule has 0 saturated heterocycles. The molecule has 1 aromatic rings. The maximum absolute atomic E-state index is 12.6. The molecule has 0 radical (unpaired) electrons. The molecule has 0 spiro atoms. The van der Waals surface area contributed by atoms with E-state index in [1.807, 2.05) is 30.3 Å². The van der Waals surface area contributed by atoms with Crippen molar-refractivity contribution in [1.29, 1.82) is 0 Å². The number of benzene rings is 1. The SMILES string of the molecule is CC(C)C(=O)OCOC(=O)SC(C)(C)C(=O)N[C@@H](CS)C(=O)OCc1ccccc1. The lowest BCUT2D eigenvalue weighted by molar-refractivity contribution is -0.155. The lowest BCUT2D eigenvalue weighted by Gasteiger charge is -2.24. The highest BCUT2D eigenvalue weighted by atomic mass is 32.2. The normalized spacial score (nSPS) is 12.1. The van der Waals surface area contributed by atoms with Crippen molar-refractivity contribution >= 4 is 47.5 Å². The number of rotatable bonds is 10. The first-order valence-electron chi connectivity index (χ1n) is 9.21. The summed E-state index contributed by atoms with van der Waals surface area (Å²) in [6.45, 7) is 5.83. The van der Waals surface area contributed by atoms with Crippen molar-refractivity contribution in [2.45, 2.75) is 45.1 Å². The third kappa shape index (κ3) is 9.08. The summed E-state index contributed by atoms with van der Waals surface area (Å²) in [6, 6.07) is 8.14. The molecular weight excluding hydrogens is 430 g/mol. The van der Waals surface area contributed by atoms with Crippen molar-refractivity contribution in [3.05, 3.63) is 35.9 Å². The summed E-state index contributed by atoms with van der Waals surface area (Å²) in [5.41, 5.74) is 0.812. The second kappa shape index (κ2) is 12.5. The van der Waals surface area contributed by atoms with Gasteiger partial charge in [-0.1, -0.05) is 44.2 Å². The van der Waals surface area contributed by atoms with Gasteiger partial charge in [0, 0.05) is 5.75 Å².